The normalized spacial score (nSPS) is 14.9. The van der Waals surface area contributed by atoms with Crippen LogP contribution in [0.1, 0.15) is 11.1 Å². The molecule has 0 saturated heterocycles. The molecule has 1 atom stereocenters. The van der Waals surface area contributed by atoms with Crippen molar-refractivity contribution in [2.45, 2.75) is 12.5 Å². The first-order valence-electron chi connectivity index (χ1n) is 10.3. The van der Waals surface area contributed by atoms with Crippen molar-refractivity contribution in [3.63, 3.8) is 0 Å². The Labute approximate surface area is 181 Å². The molecule has 3 aromatic rings. The van der Waals surface area contributed by atoms with Gasteiger partial charge in [-0.25, -0.2) is 0 Å². The number of anilines is 2. The van der Waals surface area contributed by atoms with Crippen LogP contribution in [0.15, 0.2) is 78.9 Å². The van der Waals surface area contributed by atoms with Gasteiger partial charge in [-0.3, -0.25) is 9.59 Å². The maximum atomic E-state index is 12.9. The molecule has 3 aromatic carbocycles. The fraction of sp³-hybridized carbons (Fsp3) is 0.200. The predicted octanol–water partition coefficient (Wildman–Crippen LogP) is 3.23. The average Bonchev–Trinajstić information content (AvgIpc) is 2.80. The highest BCUT2D eigenvalue weighted by Gasteiger charge is 2.31. The van der Waals surface area contributed by atoms with Crippen LogP contribution in [-0.4, -0.2) is 38.1 Å². The van der Waals surface area contributed by atoms with Gasteiger partial charge in [-0.05, 0) is 35.7 Å². The van der Waals surface area contributed by atoms with Crippen molar-refractivity contribution in [3.8, 4) is 5.75 Å². The van der Waals surface area contributed by atoms with Gasteiger partial charge in [0.2, 0.25) is 5.91 Å². The van der Waals surface area contributed by atoms with Gasteiger partial charge in [0.05, 0.1) is 18.8 Å². The first kappa shape index (κ1) is 20.5. The standard InChI is InChI=1S/C25H25N3O3/c1-26-25(30)23-16-28(21-13-7-8-14-22(21)31-23)17-24(29)27-20-12-6-5-11-19(20)15-18-9-3-2-4-10-18/h2-14,23H,15-17H2,1H3,(H,26,30)(H,27,29)/t23-/m0/s1. The fourth-order valence-corrected chi connectivity index (χ4v) is 3.73. The zero-order chi connectivity index (χ0) is 21.6. The Balaban J connectivity index is 1.49. The van der Waals surface area contributed by atoms with Crippen LogP contribution in [0.3, 0.4) is 0 Å². The van der Waals surface area contributed by atoms with Crippen LogP contribution in [0.25, 0.3) is 0 Å². The van der Waals surface area contributed by atoms with Gasteiger partial charge in [-0.15, -0.1) is 0 Å². The number of fused-ring (bicyclic) bond motifs is 1. The van der Waals surface area contributed by atoms with E-state index >= 15 is 0 Å². The molecule has 0 fully saturated rings. The predicted molar refractivity (Wildman–Crippen MR) is 121 cm³/mol. The number of nitrogens with one attached hydrogen (secondary N) is 2. The number of amides is 2. The van der Waals surface area contributed by atoms with E-state index in [1.807, 2.05) is 71.6 Å². The summed E-state index contributed by atoms with van der Waals surface area (Å²) in [6, 6.07) is 25.4. The molecule has 1 aliphatic heterocycles. The highest BCUT2D eigenvalue weighted by molar-refractivity contribution is 5.95. The molecule has 6 heteroatoms. The lowest BCUT2D eigenvalue weighted by molar-refractivity contribution is -0.127. The maximum absolute atomic E-state index is 12.9. The van der Waals surface area contributed by atoms with Crippen LogP contribution < -0.4 is 20.3 Å². The van der Waals surface area contributed by atoms with E-state index < -0.39 is 6.10 Å². The van der Waals surface area contributed by atoms with E-state index in [-0.39, 0.29) is 18.4 Å². The second-order valence-corrected chi connectivity index (χ2v) is 7.44. The summed E-state index contributed by atoms with van der Waals surface area (Å²) in [5.41, 5.74) is 3.82. The Kier molecular flexibility index (Phi) is 6.17. The lowest BCUT2D eigenvalue weighted by Gasteiger charge is -2.35. The summed E-state index contributed by atoms with van der Waals surface area (Å²) in [5, 5.41) is 5.66. The minimum Gasteiger partial charge on any atom is -0.477 e. The minimum absolute atomic E-state index is 0.119. The Hall–Kier alpha value is -3.80. The maximum Gasteiger partial charge on any atom is 0.262 e. The van der Waals surface area contributed by atoms with Gasteiger partial charge >= 0.3 is 0 Å². The van der Waals surface area contributed by atoms with Crippen LogP contribution in [-0.2, 0) is 16.0 Å². The van der Waals surface area contributed by atoms with Crippen LogP contribution in [0.4, 0.5) is 11.4 Å². The molecule has 0 aromatic heterocycles. The van der Waals surface area contributed by atoms with E-state index in [4.69, 9.17) is 4.74 Å². The zero-order valence-electron chi connectivity index (χ0n) is 17.4. The number of hydrogen-bond donors (Lipinski definition) is 2. The minimum atomic E-state index is -0.668. The fourth-order valence-electron chi connectivity index (χ4n) is 3.73. The summed E-state index contributed by atoms with van der Waals surface area (Å²) in [5.74, 6) is 0.237. The molecular formula is C25H25N3O3. The van der Waals surface area contributed by atoms with Crippen molar-refractivity contribution >= 4 is 23.2 Å². The topological polar surface area (TPSA) is 70.7 Å². The average molecular weight is 415 g/mol. The molecule has 0 unspecified atom stereocenters. The van der Waals surface area contributed by atoms with Crippen molar-refractivity contribution in [3.05, 3.63) is 90.0 Å². The molecule has 0 radical (unpaired) electrons. The number of carbonyl (C=O) groups excluding carboxylic acids is 2. The Bertz CT molecular complexity index is 1070. The third-order valence-electron chi connectivity index (χ3n) is 5.26. The van der Waals surface area contributed by atoms with E-state index in [0.717, 1.165) is 23.4 Å². The van der Waals surface area contributed by atoms with Gasteiger partial charge in [0, 0.05) is 12.7 Å². The van der Waals surface area contributed by atoms with Crippen molar-refractivity contribution < 1.29 is 14.3 Å². The Morgan fingerprint density at radius 1 is 0.968 bits per heavy atom. The number of nitrogens with zero attached hydrogens (tertiary/aromatic N) is 1. The molecule has 2 amide bonds. The Morgan fingerprint density at radius 2 is 1.68 bits per heavy atom. The van der Waals surface area contributed by atoms with Gasteiger partial charge in [0.15, 0.2) is 6.10 Å². The molecule has 158 valence electrons. The summed E-state index contributed by atoms with van der Waals surface area (Å²) >= 11 is 0. The molecule has 0 spiro atoms. The molecule has 2 N–H and O–H groups in total. The van der Waals surface area contributed by atoms with E-state index in [2.05, 4.69) is 22.8 Å². The lowest BCUT2D eigenvalue weighted by atomic mass is 10.0. The number of carbonyl (C=O) groups is 2. The van der Waals surface area contributed by atoms with Crippen LogP contribution >= 0.6 is 0 Å². The van der Waals surface area contributed by atoms with E-state index in [1.54, 1.807) is 7.05 Å². The van der Waals surface area contributed by atoms with Crippen LogP contribution in [0.5, 0.6) is 5.75 Å². The van der Waals surface area contributed by atoms with Crippen molar-refractivity contribution in [2.75, 3.05) is 30.4 Å². The summed E-state index contributed by atoms with van der Waals surface area (Å²) < 4.78 is 5.81. The van der Waals surface area contributed by atoms with Gasteiger partial charge in [0.25, 0.3) is 5.91 Å². The summed E-state index contributed by atoms with van der Waals surface area (Å²) in [6.07, 6.45) is 0.0641. The van der Waals surface area contributed by atoms with Crippen LogP contribution in [0, 0.1) is 0 Å². The van der Waals surface area contributed by atoms with Crippen LogP contribution in [0.2, 0.25) is 0 Å². The number of hydrogen-bond acceptors (Lipinski definition) is 4. The molecule has 1 heterocycles. The van der Waals surface area contributed by atoms with Gasteiger partial charge in [-0.2, -0.15) is 0 Å². The third kappa shape index (κ3) is 4.86. The number of rotatable bonds is 6. The highest BCUT2D eigenvalue weighted by atomic mass is 16.5. The molecule has 0 aliphatic carbocycles. The zero-order valence-corrected chi connectivity index (χ0v) is 17.4. The number of ether oxygens (including phenoxy) is 1. The molecule has 6 nitrogen and oxygen atoms in total. The van der Waals surface area contributed by atoms with Crippen molar-refractivity contribution in [2.24, 2.45) is 0 Å². The van der Waals surface area contributed by atoms with E-state index in [1.165, 1.54) is 5.56 Å². The number of para-hydroxylation sites is 3. The van der Waals surface area contributed by atoms with E-state index in [0.29, 0.717) is 12.3 Å². The lowest BCUT2D eigenvalue weighted by Crippen LogP contribution is -2.50. The number of benzene rings is 3. The SMILES string of the molecule is CNC(=O)[C@@H]1CN(CC(=O)Nc2ccccc2Cc2ccccc2)c2ccccc2O1. The largest absolute Gasteiger partial charge is 0.477 e. The molecule has 4 rings (SSSR count). The summed E-state index contributed by atoms with van der Waals surface area (Å²) in [7, 11) is 1.58. The van der Waals surface area contributed by atoms with Crippen molar-refractivity contribution in [1.82, 2.24) is 5.32 Å². The molecule has 1 aliphatic rings. The Morgan fingerprint density at radius 3 is 2.48 bits per heavy atom. The van der Waals surface area contributed by atoms with E-state index in [9.17, 15) is 9.59 Å². The highest BCUT2D eigenvalue weighted by Crippen LogP contribution is 2.33. The first-order chi connectivity index (χ1) is 15.1. The number of likely N-dealkylation sites (N-methyl/N-ethyl adjacent to an activating group) is 1. The van der Waals surface area contributed by atoms with Crippen molar-refractivity contribution in [1.29, 1.82) is 0 Å². The first-order valence-corrected chi connectivity index (χ1v) is 10.3. The smallest absolute Gasteiger partial charge is 0.262 e. The quantitative estimate of drug-likeness (QED) is 0.649. The molecular weight excluding hydrogens is 390 g/mol. The second-order valence-electron chi connectivity index (χ2n) is 7.44. The van der Waals surface area contributed by atoms with Gasteiger partial charge in [-0.1, -0.05) is 60.7 Å². The van der Waals surface area contributed by atoms with Gasteiger partial charge < -0.3 is 20.3 Å². The molecule has 0 bridgehead atoms. The second kappa shape index (κ2) is 9.34. The molecule has 0 saturated carbocycles. The van der Waals surface area contributed by atoms with Gasteiger partial charge in [0.1, 0.15) is 5.75 Å². The monoisotopic (exact) mass is 415 g/mol. The summed E-state index contributed by atoms with van der Waals surface area (Å²) in [6.45, 7) is 0.420. The molecule has 31 heavy (non-hydrogen) atoms. The third-order valence-corrected chi connectivity index (χ3v) is 5.26. The summed E-state index contributed by atoms with van der Waals surface area (Å²) in [4.78, 5) is 27.0.